The van der Waals surface area contributed by atoms with Crippen LogP contribution in [0.2, 0.25) is 0 Å². The summed E-state index contributed by atoms with van der Waals surface area (Å²) in [5.74, 6) is 0.454. The normalized spacial score (nSPS) is 16.5. The van der Waals surface area contributed by atoms with Gasteiger partial charge in [0.05, 0.1) is 6.10 Å². The summed E-state index contributed by atoms with van der Waals surface area (Å²) in [6.07, 6.45) is 3.08. The summed E-state index contributed by atoms with van der Waals surface area (Å²) in [5, 5.41) is 9.67. The second-order valence-corrected chi connectivity index (χ2v) is 3.93. The van der Waals surface area contributed by atoms with Crippen molar-refractivity contribution in [2.75, 3.05) is 20.6 Å². The van der Waals surface area contributed by atoms with Gasteiger partial charge in [0.25, 0.3) is 0 Å². The lowest BCUT2D eigenvalue weighted by molar-refractivity contribution is 0.0943. The van der Waals surface area contributed by atoms with E-state index in [0.717, 1.165) is 19.4 Å². The Morgan fingerprint density at radius 1 is 1.25 bits per heavy atom. The molecule has 0 amide bonds. The molecule has 0 radical (unpaired) electrons. The Kier molecular flexibility index (Phi) is 6.39. The molecule has 0 rings (SSSR count). The second kappa shape index (κ2) is 6.44. The molecule has 74 valence electrons. The molecule has 0 aromatic heterocycles. The number of rotatable bonds is 6. The Hall–Kier alpha value is -0.0800. The number of aliphatic hydroxyl groups excluding tert-OH is 1. The third-order valence-electron chi connectivity index (χ3n) is 2.27. The number of hydrogen-bond acceptors (Lipinski definition) is 2. The van der Waals surface area contributed by atoms with Crippen LogP contribution in [0.15, 0.2) is 0 Å². The molecule has 0 fully saturated rings. The van der Waals surface area contributed by atoms with E-state index in [1.807, 2.05) is 14.1 Å². The molecule has 2 unspecified atom stereocenters. The number of aliphatic hydroxyl groups is 1. The SMILES string of the molecule is CCCC(C)C(O)CCN(C)C. The molecule has 0 aromatic rings. The van der Waals surface area contributed by atoms with E-state index in [0.29, 0.717) is 5.92 Å². The van der Waals surface area contributed by atoms with Gasteiger partial charge < -0.3 is 10.0 Å². The van der Waals surface area contributed by atoms with Crippen molar-refractivity contribution in [1.82, 2.24) is 4.90 Å². The van der Waals surface area contributed by atoms with Crippen molar-refractivity contribution < 1.29 is 5.11 Å². The van der Waals surface area contributed by atoms with Gasteiger partial charge in [-0.05, 0) is 39.4 Å². The fraction of sp³-hybridized carbons (Fsp3) is 1.00. The molecular weight excluding hydrogens is 150 g/mol. The first-order valence-electron chi connectivity index (χ1n) is 4.90. The molecule has 0 aliphatic heterocycles. The van der Waals surface area contributed by atoms with Crippen LogP contribution in [0.4, 0.5) is 0 Å². The molecule has 0 saturated heterocycles. The minimum absolute atomic E-state index is 0.118. The lowest BCUT2D eigenvalue weighted by atomic mass is 9.97. The Morgan fingerprint density at radius 2 is 1.83 bits per heavy atom. The van der Waals surface area contributed by atoms with Gasteiger partial charge in [0.15, 0.2) is 0 Å². The van der Waals surface area contributed by atoms with E-state index in [-0.39, 0.29) is 6.10 Å². The lowest BCUT2D eigenvalue weighted by Crippen LogP contribution is -2.24. The van der Waals surface area contributed by atoms with Crippen LogP contribution in [0.1, 0.15) is 33.1 Å². The van der Waals surface area contributed by atoms with E-state index in [9.17, 15) is 5.11 Å². The minimum atomic E-state index is -0.118. The van der Waals surface area contributed by atoms with Crippen molar-refractivity contribution in [3.63, 3.8) is 0 Å². The molecule has 2 nitrogen and oxygen atoms in total. The highest BCUT2D eigenvalue weighted by atomic mass is 16.3. The summed E-state index contributed by atoms with van der Waals surface area (Å²) in [7, 11) is 4.08. The highest BCUT2D eigenvalue weighted by Gasteiger charge is 2.12. The van der Waals surface area contributed by atoms with Crippen molar-refractivity contribution >= 4 is 0 Å². The predicted octanol–water partition coefficient (Wildman–Crippen LogP) is 1.74. The van der Waals surface area contributed by atoms with Crippen LogP contribution in [0.3, 0.4) is 0 Å². The van der Waals surface area contributed by atoms with Gasteiger partial charge in [-0.2, -0.15) is 0 Å². The second-order valence-electron chi connectivity index (χ2n) is 3.93. The molecule has 0 saturated carbocycles. The maximum atomic E-state index is 9.67. The topological polar surface area (TPSA) is 23.5 Å². The average Bonchev–Trinajstić information content (AvgIpc) is 2.00. The fourth-order valence-electron chi connectivity index (χ4n) is 1.32. The molecule has 1 N–H and O–H groups in total. The smallest absolute Gasteiger partial charge is 0.0577 e. The van der Waals surface area contributed by atoms with E-state index < -0.39 is 0 Å². The molecule has 12 heavy (non-hydrogen) atoms. The van der Waals surface area contributed by atoms with Crippen LogP contribution in [-0.4, -0.2) is 36.8 Å². The standard InChI is InChI=1S/C10H23NO/c1-5-6-9(2)10(12)7-8-11(3)4/h9-10,12H,5-8H2,1-4H3. The van der Waals surface area contributed by atoms with Crippen LogP contribution in [0.5, 0.6) is 0 Å². The molecular formula is C10H23NO. The summed E-state index contributed by atoms with van der Waals surface area (Å²) in [4.78, 5) is 2.11. The van der Waals surface area contributed by atoms with Gasteiger partial charge in [0.1, 0.15) is 0 Å². The van der Waals surface area contributed by atoms with E-state index >= 15 is 0 Å². The van der Waals surface area contributed by atoms with Crippen LogP contribution in [0, 0.1) is 5.92 Å². The maximum absolute atomic E-state index is 9.67. The van der Waals surface area contributed by atoms with E-state index in [1.165, 1.54) is 6.42 Å². The zero-order valence-electron chi connectivity index (χ0n) is 8.88. The summed E-state index contributed by atoms with van der Waals surface area (Å²) in [6, 6.07) is 0. The molecule has 0 aromatic carbocycles. The molecule has 0 bridgehead atoms. The average molecular weight is 173 g/mol. The van der Waals surface area contributed by atoms with E-state index in [2.05, 4.69) is 18.7 Å². The van der Waals surface area contributed by atoms with Gasteiger partial charge in [-0.1, -0.05) is 20.3 Å². The van der Waals surface area contributed by atoms with Gasteiger partial charge in [-0.3, -0.25) is 0 Å². The van der Waals surface area contributed by atoms with Gasteiger partial charge in [0, 0.05) is 0 Å². The summed E-state index contributed by atoms with van der Waals surface area (Å²) >= 11 is 0. The Labute approximate surface area is 76.6 Å². The zero-order chi connectivity index (χ0) is 9.56. The maximum Gasteiger partial charge on any atom is 0.0577 e. The largest absolute Gasteiger partial charge is 0.393 e. The van der Waals surface area contributed by atoms with Gasteiger partial charge in [-0.15, -0.1) is 0 Å². The monoisotopic (exact) mass is 173 g/mol. The highest BCUT2D eigenvalue weighted by molar-refractivity contribution is 4.65. The van der Waals surface area contributed by atoms with Crippen LogP contribution < -0.4 is 0 Å². The summed E-state index contributed by atoms with van der Waals surface area (Å²) < 4.78 is 0. The Morgan fingerprint density at radius 3 is 2.25 bits per heavy atom. The first-order chi connectivity index (χ1) is 5.57. The number of hydrogen-bond donors (Lipinski definition) is 1. The molecule has 0 spiro atoms. The Balaban J connectivity index is 3.49. The van der Waals surface area contributed by atoms with E-state index in [4.69, 9.17) is 0 Å². The molecule has 2 heteroatoms. The van der Waals surface area contributed by atoms with Crippen LogP contribution >= 0.6 is 0 Å². The van der Waals surface area contributed by atoms with Crippen molar-refractivity contribution in [3.8, 4) is 0 Å². The minimum Gasteiger partial charge on any atom is -0.393 e. The van der Waals surface area contributed by atoms with Gasteiger partial charge in [0.2, 0.25) is 0 Å². The fourth-order valence-corrected chi connectivity index (χ4v) is 1.32. The van der Waals surface area contributed by atoms with Gasteiger partial charge >= 0.3 is 0 Å². The number of nitrogens with zero attached hydrogens (tertiary/aromatic N) is 1. The molecule has 0 aliphatic carbocycles. The van der Waals surface area contributed by atoms with Crippen LogP contribution in [0.25, 0.3) is 0 Å². The lowest BCUT2D eigenvalue weighted by Gasteiger charge is -2.19. The zero-order valence-corrected chi connectivity index (χ0v) is 8.88. The third-order valence-corrected chi connectivity index (χ3v) is 2.27. The summed E-state index contributed by atoms with van der Waals surface area (Å²) in [6.45, 7) is 5.27. The highest BCUT2D eigenvalue weighted by Crippen LogP contribution is 2.13. The first kappa shape index (κ1) is 11.9. The van der Waals surface area contributed by atoms with Crippen molar-refractivity contribution in [3.05, 3.63) is 0 Å². The first-order valence-corrected chi connectivity index (χ1v) is 4.90. The molecule has 0 aliphatic rings. The summed E-state index contributed by atoms with van der Waals surface area (Å²) in [5.41, 5.74) is 0. The van der Waals surface area contributed by atoms with Gasteiger partial charge in [-0.25, -0.2) is 0 Å². The van der Waals surface area contributed by atoms with Crippen molar-refractivity contribution in [1.29, 1.82) is 0 Å². The molecule has 2 atom stereocenters. The van der Waals surface area contributed by atoms with Crippen molar-refractivity contribution in [2.45, 2.75) is 39.2 Å². The quantitative estimate of drug-likeness (QED) is 0.661. The molecule has 0 heterocycles. The third kappa shape index (κ3) is 5.56. The van der Waals surface area contributed by atoms with E-state index in [1.54, 1.807) is 0 Å². The van der Waals surface area contributed by atoms with Crippen LogP contribution in [-0.2, 0) is 0 Å². The predicted molar refractivity (Wildman–Crippen MR) is 53.2 cm³/mol. The van der Waals surface area contributed by atoms with Crippen molar-refractivity contribution in [2.24, 2.45) is 5.92 Å². The Bertz CT molecular complexity index is 104.